The minimum atomic E-state index is -3.19. The summed E-state index contributed by atoms with van der Waals surface area (Å²) in [6.07, 6.45) is 9.85. The Labute approximate surface area is 220 Å². The van der Waals surface area contributed by atoms with Crippen LogP contribution in [0.3, 0.4) is 0 Å². The van der Waals surface area contributed by atoms with Crippen molar-refractivity contribution in [2.24, 2.45) is 5.92 Å². The van der Waals surface area contributed by atoms with Crippen molar-refractivity contribution in [1.82, 2.24) is 14.3 Å². The molecule has 2 aliphatic heterocycles. The number of ether oxygens (including phenoxy) is 3. The van der Waals surface area contributed by atoms with E-state index < -0.39 is 10.0 Å². The summed E-state index contributed by atoms with van der Waals surface area (Å²) in [7, 11) is -3.19. The van der Waals surface area contributed by atoms with E-state index in [4.69, 9.17) is 19.2 Å². The first-order valence-corrected chi connectivity index (χ1v) is 15.3. The third-order valence-corrected chi connectivity index (χ3v) is 8.91. The lowest BCUT2D eigenvalue weighted by Crippen LogP contribution is -2.41. The summed E-state index contributed by atoms with van der Waals surface area (Å²) in [5, 5.41) is 3.51. The van der Waals surface area contributed by atoms with Gasteiger partial charge in [0.2, 0.25) is 21.9 Å². The van der Waals surface area contributed by atoms with Gasteiger partial charge in [-0.15, -0.1) is 0 Å². The molecule has 0 bridgehead atoms. The Hall–Kier alpha value is -2.43. The molecule has 1 aromatic heterocycles. The Balaban J connectivity index is 1.33. The van der Waals surface area contributed by atoms with E-state index in [9.17, 15) is 8.42 Å². The first-order valence-electron chi connectivity index (χ1n) is 13.4. The number of hydrogen-bond acceptors (Lipinski definition) is 8. The van der Waals surface area contributed by atoms with E-state index in [-0.39, 0.29) is 12.2 Å². The first-order chi connectivity index (χ1) is 17.8. The summed E-state index contributed by atoms with van der Waals surface area (Å²) in [5.74, 6) is 2.68. The van der Waals surface area contributed by atoms with Crippen LogP contribution < -0.4 is 14.8 Å². The predicted molar refractivity (Wildman–Crippen MR) is 142 cm³/mol. The lowest BCUT2D eigenvalue weighted by atomic mass is 9.87. The molecule has 3 fully saturated rings. The number of nitrogens with one attached hydrogen (secondary N) is 1. The maximum Gasteiger partial charge on any atom is 0.226 e. The second-order valence-corrected chi connectivity index (χ2v) is 12.6. The van der Waals surface area contributed by atoms with Crippen LogP contribution in [0, 0.1) is 5.92 Å². The highest BCUT2D eigenvalue weighted by molar-refractivity contribution is 7.88. The van der Waals surface area contributed by atoms with E-state index in [0.717, 1.165) is 48.7 Å². The first kappa shape index (κ1) is 26.2. The molecule has 0 unspecified atom stereocenters. The number of aromatic nitrogens is 2. The summed E-state index contributed by atoms with van der Waals surface area (Å²) in [4.78, 5) is 9.44. The Kier molecular flexibility index (Phi) is 8.16. The van der Waals surface area contributed by atoms with E-state index in [2.05, 4.69) is 17.2 Å². The van der Waals surface area contributed by atoms with Crippen LogP contribution in [-0.4, -0.2) is 73.5 Å². The molecule has 3 aliphatic rings. The molecule has 10 heteroatoms. The molecular formula is C27H38N4O5S. The molecule has 0 amide bonds. The second kappa shape index (κ2) is 11.5. The number of rotatable bonds is 8. The van der Waals surface area contributed by atoms with Crippen molar-refractivity contribution < 1.29 is 22.6 Å². The van der Waals surface area contributed by atoms with Gasteiger partial charge in [0, 0.05) is 31.7 Å². The number of anilines is 1. The predicted octanol–water partition coefficient (Wildman–Crippen LogP) is 4.10. The van der Waals surface area contributed by atoms with Crippen LogP contribution in [-0.2, 0) is 14.8 Å². The van der Waals surface area contributed by atoms with Gasteiger partial charge in [0.1, 0.15) is 18.0 Å². The van der Waals surface area contributed by atoms with E-state index in [0.29, 0.717) is 50.4 Å². The van der Waals surface area contributed by atoms with Gasteiger partial charge in [0.15, 0.2) is 0 Å². The molecular weight excluding hydrogens is 492 g/mol. The van der Waals surface area contributed by atoms with Gasteiger partial charge in [-0.25, -0.2) is 17.7 Å². The zero-order valence-corrected chi connectivity index (χ0v) is 22.6. The fourth-order valence-electron chi connectivity index (χ4n) is 5.26. The summed E-state index contributed by atoms with van der Waals surface area (Å²) < 4.78 is 43.2. The smallest absolute Gasteiger partial charge is 0.226 e. The summed E-state index contributed by atoms with van der Waals surface area (Å²) in [5.41, 5.74) is 1.75. The highest BCUT2D eigenvalue weighted by Gasteiger charge is 2.27. The van der Waals surface area contributed by atoms with Crippen molar-refractivity contribution >= 4 is 16.0 Å². The Morgan fingerprint density at radius 1 is 0.973 bits per heavy atom. The van der Waals surface area contributed by atoms with Crippen LogP contribution in [0.1, 0.15) is 51.9 Å². The lowest BCUT2D eigenvalue weighted by Gasteiger charge is -2.31. The maximum absolute atomic E-state index is 11.9. The van der Waals surface area contributed by atoms with Crippen LogP contribution in [0.25, 0.3) is 11.1 Å². The Morgan fingerprint density at radius 2 is 1.70 bits per heavy atom. The van der Waals surface area contributed by atoms with Crippen LogP contribution in [0.2, 0.25) is 0 Å². The Bertz CT molecular complexity index is 1140. The van der Waals surface area contributed by atoms with Gasteiger partial charge >= 0.3 is 0 Å². The molecule has 1 aliphatic carbocycles. The minimum absolute atomic E-state index is 0.0963. The molecule has 202 valence electrons. The molecule has 0 radical (unpaired) electrons. The molecule has 37 heavy (non-hydrogen) atoms. The second-order valence-electron chi connectivity index (χ2n) is 10.6. The van der Waals surface area contributed by atoms with Crippen LogP contribution in [0.5, 0.6) is 11.6 Å². The molecule has 1 aromatic carbocycles. The zero-order chi connectivity index (χ0) is 25.8. The fourth-order valence-corrected chi connectivity index (χ4v) is 6.14. The molecule has 2 aromatic rings. The molecule has 3 heterocycles. The normalized spacial score (nSPS) is 25.6. The van der Waals surface area contributed by atoms with Crippen molar-refractivity contribution in [1.29, 1.82) is 0 Å². The molecule has 9 nitrogen and oxygen atoms in total. The topological polar surface area (TPSA) is 103 Å². The van der Waals surface area contributed by atoms with Gasteiger partial charge in [0.05, 0.1) is 25.0 Å². The number of piperidine rings is 1. The fraction of sp³-hybridized carbons (Fsp3) is 0.630. The maximum atomic E-state index is 11.9. The van der Waals surface area contributed by atoms with Crippen LogP contribution in [0.4, 0.5) is 5.95 Å². The van der Waals surface area contributed by atoms with Crippen molar-refractivity contribution in [2.45, 2.75) is 70.1 Å². The SMILES string of the molecule is CC1CCC(Nc2ncc(-c3ccc(O[C@H]4CCOC4)cc3)c(OC3CCN(S(C)(=O)=O)CC3)n2)CC1. The van der Waals surface area contributed by atoms with E-state index in [1.54, 1.807) is 0 Å². The number of benzene rings is 1. The Morgan fingerprint density at radius 3 is 2.35 bits per heavy atom. The summed E-state index contributed by atoms with van der Waals surface area (Å²) in [6.45, 7) is 4.57. The molecule has 2 saturated heterocycles. The molecule has 1 atom stereocenters. The van der Waals surface area contributed by atoms with Gasteiger partial charge in [-0.2, -0.15) is 4.98 Å². The summed E-state index contributed by atoms with van der Waals surface area (Å²) >= 11 is 0. The summed E-state index contributed by atoms with van der Waals surface area (Å²) in [6, 6.07) is 8.27. The number of hydrogen-bond donors (Lipinski definition) is 1. The molecule has 1 saturated carbocycles. The quantitative estimate of drug-likeness (QED) is 0.544. The van der Waals surface area contributed by atoms with Crippen LogP contribution >= 0.6 is 0 Å². The van der Waals surface area contributed by atoms with Crippen LogP contribution in [0.15, 0.2) is 30.5 Å². The van der Waals surface area contributed by atoms with Gasteiger partial charge in [-0.05, 0) is 62.1 Å². The van der Waals surface area contributed by atoms with E-state index in [1.807, 2.05) is 30.5 Å². The largest absolute Gasteiger partial charge is 0.488 e. The third-order valence-electron chi connectivity index (χ3n) is 7.61. The number of sulfonamides is 1. The lowest BCUT2D eigenvalue weighted by molar-refractivity contribution is 0.131. The van der Waals surface area contributed by atoms with Gasteiger partial charge in [-0.1, -0.05) is 19.1 Å². The van der Waals surface area contributed by atoms with Gasteiger partial charge < -0.3 is 19.5 Å². The molecule has 5 rings (SSSR count). The average molecular weight is 531 g/mol. The third kappa shape index (κ3) is 6.91. The number of nitrogens with zero attached hydrogens (tertiary/aromatic N) is 3. The van der Waals surface area contributed by atoms with Crippen molar-refractivity contribution in [3.05, 3.63) is 30.5 Å². The standard InChI is InChI=1S/C27H38N4O5S/c1-19-3-7-21(8-4-19)29-27-28-17-25(20-5-9-22(10-6-20)35-24-13-16-34-18-24)26(30-27)36-23-11-14-31(15-12-23)37(2,32)33/h5-6,9-10,17,19,21,23-24H,3-4,7-8,11-16,18H2,1-2H3,(H,28,29,30)/t19?,21?,24-/m0/s1. The average Bonchev–Trinajstić information content (AvgIpc) is 3.39. The monoisotopic (exact) mass is 530 g/mol. The molecule has 0 spiro atoms. The highest BCUT2D eigenvalue weighted by Crippen LogP contribution is 2.33. The highest BCUT2D eigenvalue weighted by atomic mass is 32.2. The molecule has 1 N–H and O–H groups in total. The van der Waals surface area contributed by atoms with Crippen molar-refractivity contribution in [3.63, 3.8) is 0 Å². The van der Waals surface area contributed by atoms with E-state index >= 15 is 0 Å². The van der Waals surface area contributed by atoms with E-state index in [1.165, 1.54) is 23.4 Å². The zero-order valence-electron chi connectivity index (χ0n) is 21.8. The van der Waals surface area contributed by atoms with Gasteiger partial charge in [-0.3, -0.25) is 0 Å². The van der Waals surface area contributed by atoms with Gasteiger partial charge in [0.25, 0.3) is 0 Å². The van der Waals surface area contributed by atoms with Crippen molar-refractivity contribution in [3.8, 4) is 22.8 Å². The minimum Gasteiger partial charge on any atom is -0.488 e. The van der Waals surface area contributed by atoms with Crippen molar-refractivity contribution in [2.75, 3.05) is 37.9 Å².